The summed E-state index contributed by atoms with van der Waals surface area (Å²) < 4.78 is -1.29. The molecule has 4 atom stereocenters. The van der Waals surface area contributed by atoms with Gasteiger partial charge in [0.05, 0.1) is 15.0 Å². The first kappa shape index (κ1) is 17.1. The van der Waals surface area contributed by atoms with Gasteiger partial charge in [-0.2, -0.15) is 0 Å². The molecule has 0 radical (unpaired) electrons. The minimum Gasteiger partial charge on any atom is -0.258 e. The molecule has 2 aliphatic carbocycles. The number of rotatable bonds is 2. The molecule has 1 fully saturated rings. The number of fused-ring (bicyclic) bond motifs is 2. The number of nitrogens with zero attached hydrogens (tertiary/aromatic N) is 1. The lowest BCUT2D eigenvalue weighted by Crippen LogP contribution is -2.43. The van der Waals surface area contributed by atoms with Crippen molar-refractivity contribution in [3.05, 3.63) is 50.0 Å². The lowest BCUT2D eigenvalue weighted by atomic mass is 9.85. The van der Waals surface area contributed by atoms with Crippen LogP contribution in [0.1, 0.15) is 17.9 Å². The maximum Gasteiger partial charge on any atom is 0.269 e. The second kappa shape index (κ2) is 5.14. The van der Waals surface area contributed by atoms with Crippen LogP contribution >= 0.6 is 73.9 Å². The van der Waals surface area contributed by atoms with Gasteiger partial charge in [-0.05, 0) is 12.0 Å². The van der Waals surface area contributed by atoms with Gasteiger partial charge in [0.25, 0.3) is 5.69 Å². The van der Waals surface area contributed by atoms with Crippen LogP contribution in [0.2, 0.25) is 0 Å². The predicted molar refractivity (Wildman–Crippen MR) is 93.9 cm³/mol. The van der Waals surface area contributed by atoms with Crippen molar-refractivity contribution in [1.29, 1.82) is 0 Å². The number of nitro benzene ring substituents is 1. The van der Waals surface area contributed by atoms with Gasteiger partial charge in [0.2, 0.25) is 0 Å². The molecule has 0 spiro atoms. The molecule has 3 rings (SSSR count). The first-order valence-electron chi connectivity index (χ1n) is 6.13. The average Bonchev–Trinajstić information content (AvgIpc) is 2.69. The molecule has 0 aromatic heterocycles. The molecule has 9 heteroatoms. The molecule has 118 valence electrons. The first-order chi connectivity index (χ1) is 10.1. The molecule has 0 N–H and O–H groups in total. The van der Waals surface area contributed by atoms with E-state index in [2.05, 4.69) is 15.9 Å². The third-order valence-corrected chi connectivity index (χ3v) is 9.49. The molecule has 0 unspecified atom stereocenters. The summed E-state index contributed by atoms with van der Waals surface area (Å²) in [6.45, 7) is 0. The van der Waals surface area contributed by atoms with Gasteiger partial charge in [0.15, 0.2) is 0 Å². The van der Waals surface area contributed by atoms with E-state index in [1.165, 1.54) is 12.1 Å². The van der Waals surface area contributed by atoms with Crippen molar-refractivity contribution in [2.24, 2.45) is 0 Å². The van der Waals surface area contributed by atoms with Crippen LogP contribution in [0.5, 0.6) is 0 Å². The van der Waals surface area contributed by atoms with Crippen LogP contribution in [0.3, 0.4) is 0 Å². The van der Waals surface area contributed by atoms with Gasteiger partial charge >= 0.3 is 0 Å². The lowest BCUT2D eigenvalue weighted by molar-refractivity contribution is -0.384. The Hall–Kier alpha value is 0.290. The molecule has 2 bridgehead atoms. The highest BCUT2D eigenvalue weighted by molar-refractivity contribution is 9.10. The zero-order valence-electron chi connectivity index (χ0n) is 10.6. The Morgan fingerprint density at radius 3 is 2.36 bits per heavy atom. The smallest absolute Gasteiger partial charge is 0.258 e. The summed E-state index contributed by atoms with van der Waals surface area (Å²) >= 11 is 35.8. The topological polar surface area (TPSA) is 43.1 Å². The van der Waals surface area contributed by atoms with E-state index in [1.807, 2.05) is 0 Å². The van der Waals surface area contributed by atoms with Crippen LogP contribution in [-0.4, -0.2) is 18.5 Å². The van der Waals surface area contributed by atoms with E-state index in [0.717, 1.165) is 0 Å². The number of non-ortho nitro benzene ring substituents is 1. The van der Waals surface area contributed by atoms with Gasteiger partial charge in [0, 0.05) is 18.1 Å². The molecular weight excluding hydrogens is 459 g/mol. The van der Waals surface area contributed by atoms with Gasteiger partial charge < -0.3 is 0 Å². The van der Waals surface area contributed by atoms with Crippen LogP contribution in [0.15, 0.2) is 34.3 Å². The fraction of sp³-hybridized carbons (Fsp3) is 0.385. The Labute approximate surface area is 159 Å². The second-order valence-corrected chi connectivity index (χ2v) is 9.53. The molecule has 0 saturated heterocycles. The summed E-state index contributed by atoms with van der Waals surface area (Å²) in [4.78, 5) is 8.03. The quantitative estimate of drug-likeness (QED) is 0.302. The van der Waals surface area contributed by atoms with Crippen LogP contribution in [0.4, 0.5) is 5.69 Å². The van der Waals surface area contributed by atoms with Crippen molar-refractivity contribution in [2.75, 3.05) is 0 Å². The van der Waals surface area contributed by atoms with Gasteiger partial charge in [-0.1, -0.05) is 51.3 Å². The lowest BCUT2D eigenvalue weighted by Gasteiger charge is -2.34. The second-order valence-electron chi connectivity index (χ2n) is 5.32. The summed E-state index contributed by atoms with van der Waals surface area (Å²) in [5.74, 6) is -0.418. The molecule has 3 nitrogen and oxygen atoms in total. The fourth-order valence-electron chi connectivity index (χ4n) is 3.11. The number of alkyl halides is 4. The molecule has 0 aliphatic heterocycles. The average molecular weight is 466 g/mol. The highest BCUT2D eigenvalue weighted by atomic mass is 79.9. The largest absolute Gasteiger partial charge is 0.269 e. The van der Waals surface area contributed by atoms with E-state index in [0.29, 0.717) is 12.0 Å². The Morgan fingerprint density at radius 1 is 1.23 bits per heavy atom. The maximum absolute atomic E-state index is 11.0. The van der Waals surface area contributed by atoms with Crippen molar-refractivity contribution in [1.82, 2.24) is 0 Å². The highest BCUT2D eigenvalue weighted by Gasteiger charge is 2.78. The third kappa shape index (κ3) is 1.88. The van der Waals surface area contributed by atoms with Crippen molar-refractivity contribution in [3.8, 4) is 0 Å². The first-order valence-corrected chi connectivity index (χ1v) is 8.82. The molecule has 1 aromatic rings. The van der Waals surface area contributed by atoms with E-state index in [1.54, 1.807) is 12.1 Å². The molecule has 0 heterocycles. The number of nitro groups is 1. The zero-order chi connectivity index (χ0) is 16.5. The summed E-state index contributed by atoms with van der Waals surface area (Å²) in [5, 5.41) is 11.3. The molecule has 1 aromatic carbocycles. The molecule has 2 aliphatic rings. The molecule has 0 amide bonds. The van der Waals surface area contributed by atoms with Gasteiger partial charge in [-0.3, -0.25) is 10.1 Å². The van der Waals surface area contributed by atoms with Gasteiger partial charge in [0.1, 0.15) is 13.5 Å². The Morgan fingerprint density at radius 2 is 1.86 bits per heavy atom. The minimum atomic E-state index is -1.29. The Kier molecular flexibility index (Phi) is 4.00. The molecule has 1 saturated carbocycles. The van der Waals surface area contributed by atoms with E-state index in [4.69, 9.17) is 58.0 Å². The van der Waals surface area contributed by atoms with Gasteiger partial charge in [-0.25, -0.2) is 0 Å². The number of benzene rings is 1. The summed E-state index contributed by atoms with van der Waals surface area (Å²) in [6, 6.07) is 6.18. The zero-order valence-corrected chi connectivity index (χ0v) is 16.0. The van der Waals surface area contributed by atoms with E-state index < -0.39 is 24.4 Å². The summed E-state index contributed by atoms with van der Waals surface area (Å²) in [5.41, 5.74) is 0.601. The number of hydrogen-bond donors (Lipinski definition) is 0. The molecule has 22 heavy (non-hydrogen) atoms. The number of halogens is 6. The van der Waals surface area contributed by atoms with Crippen molar-refractivity contribution >= 4 is 79.6 Å². The maximum atomic E-state index is 11.0. The van der Waals surface area contributed by atoms with Crippen LogP contribution in [0, 0.1) is 10.1 Å². The normalized spacial score (nSPS) is 40.4. The Balaban J connectivity index is 2.17. The third-order valence-electron chi connectivity index (χ3n) is 4.26. The van der Waals surface area contributed by atoms with Crippen LogP contribution in [0.25, 0.3) is 0 Å². The SMILES string of the molecule is O=[N+]([O-])c1cccc([C@H]2C[C@@]3(Cl)C(Cl)=C(Cl)[C@]2(Cl)[C@]3(Cl)Br)c1. The van der Waals surface area contributed by atoms with E-state index in [-0.39, 0.29) is 15.8 Å². The minimum absolute atomic E-state index is 0.0369. The molecular formula is C13H7BrCl5NO2. The van der Waals surface area contributed by atoms with Crippen molar-refractivity contribution in [3.63, 3.8) is 0 Å². The van der Waals surface area contributed by atoms with Crippen molar-refractivity contribution < 1.29 is 4.92 Å². The number of hydrogen-bond acceptors (Lipinski definition) is 2. The standard InChI is InChI=1S/C13H7BrCl5NO2/c14-13(19)11(17)5-8(12(13,18)10(16)9(11)15)6-2-1-3-7(4-6)20(21)22/h1-4,8H,5H2/t8-,11-,12+,13+/m1/s1. The summed E-state index contributed by atoms with van der Waals surface area (Å²) in [6.07, 6.45) is 0.309. The van der Waals surface area contributed by atoms with Gasteiger partial charge in [-0.15, -0.1) is 34.8 Å². The fourth-order valence-corrected chi connectivity index (χ4v) is 6.47. The summed E-state index contributed by atoms with van der Waals surface area (Å²) in [7, 11) is 0. The van der Waals surface area contributed by atoms with E-state index in [9.17, 15) is 10.1 Å². The highest BCUT2D eigenvalue weighted by Crippen LogP contribution is 2.76. The van der Waals surface area contributed by atoms with Crippen LogP contribution in [-0.2, 0) is 0 Å². The van der Waals surface area contributed by atoms with Crippen LogP contribution < -0.4 is 0 Å². The monoisotopic (exact) mass is 463 g/mol. The van der Waals surface area contributed by atoms with E-state index >= 15 is 0 Å². The Bertz CT molecular complexity index is 724. The number of allylic oxidation sites excluding steroid dienone is 2. The predicted octanol–water partition coefficient (Wildman–Crippen LogP) is 6.07. The van der Waals surface area contributed by atoms with Crippen molar-refractivity contribution in [2.45, 2.75) is 25.9 Å².